The second-order valence-corrected chi connectivity index (χ2v) is 7.91. The summed E-state index contributed by atoms with van der Waals surface area (Å²) in [5, 5.41) is 12.1. The number of carbonyl (C=O) groups is 1. The first-order valence-corrected chi connectivity index (χ1v) is 9.82. The summed E-state index contributed by atoms with van der Waals surface area (Å²) in [4.78, 5) is 13.7. The van der Waals surface area contributed by atoms with E-state index in [9.17, 15) is 4.79 Å². The third-order valence-corrected chi connectivity index (χ3v) is 5.62. The van der Waals surface area contributed by atoms with Gasteiger partial charge < -0.3 is 5.32 Å². The highest BCUT2D eigenvalue weighted by atomic mass is 79.9. The van der Waals surface area contributed by atoms with Gasteiger partial charge in [-0.3, -0.25) is 14.5 Å². The summed E-state index contributed by atoms with van der Waals surface area (Å²) >= 11 is 10.3. The normalized spacial score (nSPS) is 13.4. The Balaban J connectivity index is 1.80. The topological polar surface area (TPSA) is 62.7 Å². The molecule has 3 rings (SSSR count). The Bertz CT molecular complexity index is 915. The Labute approximate surface area is 163 Å². The van der Waals surface area contributed by atoms with Gasteiger partial charge in [-0.2, -0.15) is 5.10 Å². The summed E-state index contributed by atoms with van der Waals surface area (Å²) in [5.41, 5.74) is 1.04. The highest BCUT2D eigenvalue weighted by molar-refractivity contribution is 9.10. The summed E-state index contributed by atoms with van der Waals surface area (Å²) in [6.45, 7) is 3.79. The first-order chi connectivity index (χ1) is 12.0. The third-order valence-electron chi connectivity index (χ3n) is 3.94. The average molecular weight is 437 g/mol. The van der Waals surface area contributed by atoms with E-state index in [1.54, 1.807) is 15.9 Å². The van der Waals surface area contributed by atoms with Gasteiger partial charge in [0.1, 0.15) is 6.04 Å². The molecule has 0 saturated heterocycles. The largest absolute Gasteiger partial charge is 0.348 e. The molecule has 2 aromatic heterocycles. The van der Waals surface area contributed by atoms with Gasteiger partial charge in [0.25, 0.3) is 0 Å². The van der Waals surface area contributed by atoms with E-state index >= 15 is 0 Å². The van der Waals surface area contributed by atoms with Crippen LogP contribution in [0.25, 0.3) is 10.7 Å². The van der Waals surface area contributed by atoms with Crippen LogP contribution in [-0.2, 0) is 4.79 Å². The maximum Gasteiger partial charge on any atom is 0.243 e. The molecule has 130 valence electrons. The SMILES string of the molecule is CC(NC(=O)C(C)n1c(-c2cccs2)n[nH]c1=S)c1ccc(Br)cc1. The van der Waals surface area contributed by atoms with Gasteiger partial charge in [-0.25, -0.2) is 0 Å². The molecule has 2 atom stereocenters. The molecule has 0 bridgehead atoms. The van der Waals surface area contributed by atoms with Crippen LogP contribution in [0.2, 0.25) is 0 Å². The van der Waals surface area contributed by atoms with E-state index in [1.807, 2.05) is 55.6 Å². The van der Waals surface area contributed by atoms with Gasteiger partial charge >= 0.3 is 0 Å². The summed E-state index contributed by atoms with van der Waals surface area (Å²) in [7, 11) is 0. The van der Waals surface area contributed by atoms with E-state index in [0.29, 0.717) is 10.6 Å². The molecule has 0 radical (unpaired) electrons. The molecule has 2 heterocycles. The standard InChI is InChI=1S/C17H17BrN4OS2/c1-10(12-5-7-13(18)8-6-12)19-16(23)11(2)22-15(20-21-17(22)24)14-4-3-9-25-14/h3-11H,1-2H3,(H,19,23)(H,21,24). The van der Waals surface area contributed by atoms with Crippen molar-refractivity contribution in [3.63, 3.8) is 0 Å². The molecule has 2 N–H and O–H groups in total. The molecule has 25 heavy (non-hydrogen) atoms. The van der Waals surface area contributed by atoms with E-state index in [-0.39, 0.29) is 11.9 Å². The number of rotatable bonds is 5. The summed E-state index contributed by atoms with van der Waals surface area (Å²) < 4.78 is 3.20. The van der Waals surface area contributed by atoms with Gasteiger partial charge in [0.15, 0.2) is 10.6 Å². The quantitative estimate of drug-likeness (QED) is 0.560. The minimum Gasteiger partial charge on any atom is -0.348 e. The number of hydrogen-bond acceptors (Lipinski definition) is 4. The number of halogens is 1. The lowest BCUT2D eigenvalue weighted by Gasteiger charge is -2.19. The fourth-order valence-electron chi connectivity index (χ4n) is 2.53. The summed E-state index contributed by atoms with van der Waals surface area (Å²) in [5.74, 6) is 0.574. The Morgan fingerprint density at radius 2 is 2.04 bits per heavy atom. The zero-order chi connectivity index (χ0) is 18.0. The van der Waals surface area contributed by atoms with Crippen molar-refractivity contribution in [2.45, 2.75) is 25.9 Å². The zero-order valence-electron chi connectivity index (χ0n) is 13.7. The molecular formula is C17H17BrN4OS2. The van der Waals surface area contributed by atoms with Crippen LogP contribution in [0.3, 0.4) is 0 Å². The molecule has 3 aromatic rings. The Hall–Kier alpha value is -1.77. The number of nitrogens with zero attached hydrogens (tertiary/aromatic N) is 2. The van der Waals surface area contributed by atoms with E-state index in [0.717, 1.165) is 14.9 Å². The first-order valence-electron chi connectivity index (χ1n) is 7.74. The fraction of sp³-hybridized carbons (Fsp3) is 0.235. The molecule has 0 aliphatic heterocycles. The molecule has 1 aromatic carbocycles. The molecule has 2 unspecified atom stereocenters. The lowest BCUT2D eigenvalue weighted by atomic mass is 10.1. The van der Waals surface area contributed by atoms with Crippen LogP contribution in [0, 0.1) is 4.77 Å². The second-order valence-electron chi connectivity index (χ2n) is 5.66. The van der Waals surface area contributed by atoms with Crippen molar-refractivity contribution in [3.8, 4) is 10.7 Å². The molecule has 0 fully saturated rings. The van der Waals surface area contributed by atoms with E-state index in [2.05, 4.69) is 31.4 Å². The highest BCUT2D eigenvalue weighted by Gasteiger charge is 2.22. The maximum absolute atomic E-state index is 12.7. The molecule has 0 aliphatic rings. The lowest BCUT2D eigenvalue weighted by Crippen LogP contribution is -2.33. The van der Waals surface area contributed by atoms with E-state index < -0.39 is 6.04 Å². The van der Waals surface area contributed by atoms with Crippen LogP contribution in [0.1, 0.15) is 31.5 Å². The van der Waals surface area contributed by atoms with Crippen molar-refractivity contribution in [3.05, 3.63) is 56.6 Å². The third kappa shape index (κ3) is 3.91. The summed E-state index contributed by atoms with van der Waals surface area (Å²) in [6.07, 6.45) is 0. The smallest absolute Gasteiger partial charge is 0.243 e. The molecule has 0 spiro atoms. The predicted molar refractivity (Wildman–Crippen MR) is 106 cm³/mol. The second kappa shape index (κ2) is 7.63. The monoisotopic (exact) mass is 436 g/mol. The first kappa shape index (κ1) is 18.0. The van der Waals surface area contributed by atoms with Crippen molar-refractivity contribution >= 4 is 45.4 Å². The van der Waals surface area contributed by atoms with Gasteiger partial charge in [-0.1, -0.05) is 34.1 Å². The van der Waals surface area contributed by atoms with E-state index in [4.69, 9.17) is 12.2 Å². The minimum absolute atomic E-state index is 0.102. The number of aromatic nitrogens is 3. The average Bonchev–Trinajstić information content (AvgIpc) is 3.24. The zero-order valence-corrected chi connectivity index (χ0v) is 16.9. The number of carbonyl (C=O) groups excluding carboxylic acids is 1. The molecule has 8 heteroatoms. The van der Waals surface area contributed by atoms with Crippen molar-refractivity contribution < 1.29 is 4.79 Å². The van der Waals surface area contributed by atoms with Crippen molar-refractivity contribution in [2.24, 2.45) is 0 Å². The van der Waals surface area contributed by atoms with Crippen LogP contribution in [0.15, 0.2) is 46.3 Å². The lowest BCUT2D eigenvalue weighted by molar-refractivity contribution is -0.124. The number of benzene rings is 1. The van der Waals surface area contributed by atoms with Crippen molar-refractivity contribution in [1.82, 2.24) is 20.1 Å². The predicted octanol–water partition coefficient (Wildman–Crippen LogP) is 4.87. The van der Waals surface area contributed by atoms with Crippen molar-refractivity contribution in [1.29, 1.82) is 0 Å². The van der Waals surface area contributed by atoms with Gasteiger partial charge in [-0.05, 0) is 55.2 Å². The van der Waals surface area contributed by atoms with Crippen LogP contribution in [0.5, 0.6) is 0 Å². The molecular weight excluding hydrogens is 420 g/mol. The Morgan fingerprint density at radius 3 is 2.68 bits per heavy atom. The van der Waals surface area contributed by atoms with Crippen molar-refractivity contribution in [2.75, 3.05) is 0 Å². The molecule has 0 aliphatic carbocycles. The van der Waals surface area contributed by atoms with Crippen LogP contribution in [-0.4, -0.2) is 20.7 Å². The highest BCUT2D eigenvalue weighted by Crippen LogP contribution is 2.26. The molecule has 0 saturated carbocycles. The number of H-pyrrole nitrogens is 1. The van der Waals surface area contributed by atoms with Crippen LogP contribution < -0.4 is 5.32 Å². The Kier molecular flexibility index (Phi) is 5.51. The maximum atomic E-state index is 12.7. The minimum atomic E-state index is -0.471. The van der Waals surface area contributed by atoms with Crippen LogP contribution in [0.4, 0.5) is 0 Å². The molecule has 1 amide bonds. The number of thiophene rings is 1. The van der Waals surface area contributed by atoms with Gasteiger partial charge in [0.2, 0.25) is 5.91 Å². The number of amides is 1. The van der Waals surface area contributed by atoms with Crippen LogP contribution >= 0.6 is 39.5 Å². The van der Waals surface area contributed by atoms with Gasteiger partial charge in [0, 0.05) is 4.47 Å². The van der Waals surface area contributed by atoms with E-state index in [1.165, 1.54) is 0 Å². The molecule has 5 nitrogen and oxygen atoms in total. The van der Waals surface area contributed by atoms with Gasteiger partial charge in [-0.15, -0.1) is 11.3 Å². The van der Waals surface area contributed by atoms with Gasteiger partial charge in [0.05, 0.1) is 10.9 Å². The summed E-state index contributed by atoms with van der Waals surface area (Å²) in [6, 6.07) is 11.2. The fourth-order valence-corrected chi connectivity index (χ4v) is 3.79. The number of nitrogens with one attached hydrogen (secondary N) is 2. The Morgan fingerprint density at radius 1 is 1.32 bits per heavy atom. The number of aromatic amines is 1. The number of hydrogen-bond donors (Lipinski definition) is 2.